The van der Waals surface area contributed by atoms with Crippen LogP contribution in [0.1, 0.15) is 15.9 Å². The van der Waals surface area contributed by atoms with E-state index in [0.29, 0.717) is 17.5 Å². The fourth-order valence-electron chi connectivity index (χ4n) is 1.70. The van der Waals surface area contributed by atoms with Gasteiger partial charge in [-0.3, -0.25) is 4.98 Å². The zero-order valence-electron chi connectivity index (χ0n) is 8.80. The average molecular weight is 217 g/mol. The van der Waals surface area contributed by atoms with E-state index in [9.17, 15) is 4.79 Å². The van der Waals surface area contributed by atoms with Crippen molar-refractivity contribution in [2.75, 3.05) is 7.11 Å². The molecule has 0 fully saturated rings. The maximum absolute atomic E-state index is 11.0. The van der Waals surface area contributed by atoms with E-state index in [-0.39, 0.29) is 5.56 Å². The standard InChI is InChI=1S/C12H11NO3/c1-16-7-8-3-2-4-9-10(12(14)15)5-6-13-11(8)9/h2-6H,7H2,1H3,(H,14,15). The predicted molar refractivity (Wildman–Crippen MR) is 59.4 cm³/mol. The third-order valence-electron chi connectivity index (χ3n) is 2.38. The summed E-state index contributed by atoms with van der Waals surface area (Å²) in [5, 5.41) is 9.69. The van der Waals surface area contributed by atoms with Crippen molar-refractivity contribution in [2.24, 2.45) is 0 Å². The van der Waals surface area contributed by atoms with E-state index in [0.717, 1.165) is 5.56 Å². The SMILES string of the molecule is COCc1cccc2c(C(=O)O)ccnc12. The van der Waals surface area contributed by atoms with Crippen LogP contribution in [0.4, 0.5) is 0 Å². The molecular formula is C12H11NO3. The molecule has 82 valence electrons. The Hall–Kier alpha value is -1.94. The van der Waals surface area contributed by atoms with E-state index in [1.165, 1.54) is 12.3 Å². The van der Waals surface area contributed by atoms with E-state index < -0.39 is 5.97 Å². The summed E-state index contributed by atoms with van der Waals surface area (Å²) in [7, 11) is 1.60. The number of carboxylic acid groups (broad SMARTS) is 1. The van der Waals surface area contributed by atoms with E-state index in [1.54, 1.807) is 13.2 Å². The van der Waals surface area contributed by atoms with Gasteiger partial charge in [-0.2, -0.15) is 0 Å². The summed E-state index contributed by atoms with van der Waals surface area (Å²) < 4.78 is 5.05. The first-order valence-corrected chi connectivity index (χ1v) is 4.83. The molecule has 0 saturated heterocycles. The minimum absolute atomic E-state index is 0.267. The summed E-state index contributed by atoms with van der Waals surface area (Å²) in [5.74, 6) is -0.943. The molecule has 0 spiro atoms. The van der Waals surface area contributed by atoms with Crippen molar-refractivity contribution in [3.8, 4) is 0 Å². The normalized spacial score (nSPS) is 10.6. The van der Waals surface area contributed by atoms with Crippen LogP contribution >= 0.6 is 0 Å². The first-order valence-electron chi connectivity index (χ1n) is 4.83. The second-order valence-electron chi connectivity index (χ2n) is 3.41. The molecule has 0 unspecified atom stereocenters. The molecule has 0 saturated carbocycles. The molecule has 16 heavy (non-hydrogen) atoms. The number of methoxy groups -OCH3 is 1. The van der Waals surface area contributed by atoms with Gasteiger partial charge in [0.1, 0.15) is 0 Å². The average Bonchev–Trinajstić information content (AvgIpc) is 2.29. The maximum atomic E-state index is 11.0. The van der Waals surface area contributed by atoms with Crippen molar-refractivity contribution in [3.05, 3.63) is 41.6 Å². The number of aromatic carboxylic acids is 1. The lowest BCUT2D eigenvalue weighted by atomic mass is 10.1. The lowest BCUT2D eigenvalue weighted by Gasteiger charge is -2.06. The number of hydrogen-bond acceptors (Lipinski definition) is 3. The van der Waals surface area contributed by atoms with Gasteiger partial charge in [0.25, 0.3) is 0 Å². The van der Waals surface area contributed by atoms with Gasteiger partial charge in [-0.15, -0.1) is 0 Å². The first kappa shape index (κ1) is 10.6. The number of carbonyl (C=O) groups is 1. The van der Waals surface area contributed by atoms with Crippen LogP contribution in [0.15, 0.2) is 30.5 Å². The van der Waals surface area contributed by atoms with E-state index in [1.807, 2.05) is 12.1 Å². The Morgan fingerprint density at radius 1 is 1.44 bits per heavy atom. The summed E-state index contributed by atoms with van der Waals surface area (Å²) in [6.07, 6.45) is 1.50. The molecule has 1 aromatic heterocycles. The van der Waals surface area contributed by atoms with Gasteiger partial charge in [-0.25, -0.2) is 4.79 Å². The number of pyridine rings is 1. The van der Waals surface area contributed by atoms with Gasteiger partial charge in [0.15, 0.2) is 0 Å². The molecule has 2 aromatic rings. The number of hydrogen-bond donors (Lipinski definition) is 1. The summed E-state index contributed by atoms with van der Waals surface area (Å²) in [6, 6.07) is 6.95. The van der Waals surface area contributed by atoms with Crippen LogP contribution in [-0.4, -0.2) is 23.2 Å². The number of rotatable bonds is 3. The van der Waals surface area contributed by atoms with Crippen molar-refractivity contribution in [2.45, 2.75) is 6.61 Å². The summed E-state index contributed by atoms with van der Waals surface area (Å²) in [4.78, 5) is 15.2. The fraction of sp³-hybridized carbons (Fsp3) is 0.167. The third kappa shape index (κ3) is 1.75. The van der Waals surface area contributed by atoms with Gasteiger partial charge in [0.2, 0.25) is 0 Å². The Balaban J connectivity index is 2.71. The van der Waals surface area contributed by atoms with Gasteiger partial charge in [-0.1, -0.05) is 18.2 Å². The monoisotopic (exact) mass is 217 g/mol. The second kappa shape index (κ2) is 4.28. The molecule has 0 aliphatic heterocycles. The maximum Gasteiger partial charge on any atom is 0.336 e. The molecule has 0 aliphatic carbocycles. The number of ether oxygens (including phenoxy) is 1. The second-order valence-corrected chi connectivity index (χ2v) is 3.41. The highest BCUT2D eigenvalue weighted by Gasteiger charge is 2.10. The Morgan fingerprint density at radius 3 is 2.94 bits per heavy atom. The Kier molecular flexibility index (Phi) is 2.83. The number of para-hydroxylation sites is 1. The van der Waals surface area contributed by atoms with Crippen molar-refractivity contribution in [1.29, 1.82) is 0 Å². The van der Waals surface area contributed by atoms with Crippen molar-refractivity contribution in [1.82, 2.24) is 4.98 Å². The van der Waals surface area contributed by atoms with Crippen molar-refractivity contribution < 1.29 is 14.6 Å². The van der Waals surface area contributed by atoms with Crippen LogP contribution in [-0.2, 0) is 11.3 Å². The Bertz CT molecular complexity index is 537. The third-order valence-corrected chi connectivity index (χ3v) is 2.38. The summed E-state index contributed by atoms with van der Waals surface area (Å²) in [5.41, 5.74) is 1.84. The van der Waals surface area contributed by atoms with Gasteiger partial charge < -0.3 is 9.84 Å². The van der Waals surface area contributed by atoms with Gasteiger partial charge in [0.05, 0.1) is 17.7 Å². The number of carboxylic acids is 1. The molecule has 2 rings (SSSR count). The lowest BCUT2D eigenvalue weighted by Crippen LogP contribution is -2.00. The minimum atomic E-state index is -0.943. The largest absolute Gasteiger partial charge is 0.478 e. The Morgan fingerprint density at radius 2 is 2.25 bits per heavy atom. The quantitative estimate of drug-likeness (QED) is 0.855. The van der Waals surface area contributed by atoms with Crippen LogP contribution in [0.25, 0.3) is 10.9 Å². The fourth-order valence-corrected chi connectivity index (χ4v) is 1.70. The molecule has 4 heteroatoms. The summed E-state index contributed by atoms with van der Waals surface area (Å²) in [6.45, 7) is 0.424. The highest BCUT2D eigenvalue weighted by Crippen LogP contribution is 2.20. The molecule has 0 radical (unpaired) electrons. The molecule has 0 atom stereocenters. The molecule has 1 aromatic carbocycles. The number of nitrogens with zero attached hydrogens (tertiary/aromatic N) is 1. The lowest BCUT2D eigenvalue weighted by molar-refractivity contribution is 0.0699. The topological polar surface area (TPSA) is 59.4 Å². The molecular weight excluding hydrogens is 206 g/mol. The van der Waals surface area contributed by atoms with Gasteiger partial charge in [-0.05, 0) is 6.07 Å². The first-order chi connectivity index (χ1) is 7.74. The van der Waals surface area contributed by atoms with Crippen LogP contribution in [0.2, 0.25) is 0 Å². The molecule has 1 heterocycles. The smallest absolute Gasteiger partial charge is 0.336 e. The molecule has 0 aliphatic rings. The molecule has 0 bridgehead atoms. The zero-order valence-corrected chi connectivity index (χ0v) is 8.80. The van der Waals surface area contributed by atoms with Crippen molar-refractivity contribution in [3.63, 3.8) is 0 Å². The molecule has 4 nitrogen and oxygen atoms in total. The van der Waals surface area contributed by atoms with Gasteiger partial charge in [0, 0.05) is 24.3 Å². The highest BCUT2D eigenvalue weighted by atomic mass is 16.5. The van der Waals surface area contributed by atoms with E-state index in [2.05, 4.69) is 4.98 Å². The zero-order chi connectivity index (χ0) is 11.5. The van der Waals surface area contributed by atoms with Crippen LogP contribution in [0.5, 0.6) is 0 Å². The molecule has 1 N–H and O–H groups in total. The molecule has 0 amide bonds. The summed E-state index contributed by atoms with van der Waals surface area (Å²) >= 11 is 0. The van der Waals surface area contributed by atoms with E-state index >= 15 is 0 Å². The Labute approximate surface area is 92.5 Å². The van der Waals surface area contributed by atoms with Gasteiger partial charge >= 0.3 is 5.97 Å². The van der Waals surface area contributed by atoms with E-state index in [4.69, 9.17) is 9.84 Å². The number of fused-ring (bicyclic) bond motifs is 1. The van der Waals surface area contributed by atoms with Crippen molar-refractivity contribution >= 4 is 16.9 Å². The predicted octanol–water partition coefficient (Wildman–Crippen LogP) is 2.08. The van der Waals surface area contributed by atoms with Crippen LogP contribution in [0.3, 0.4) is 0 Å². The minimum Gasteiger partial charge on any atom is -0.478 e. The highest BCUT2D eigenvalue weighted by molar-refractivity contribution is 6.02. The van der Waals surface area contributed by atoms with Crippen LogP contribution in [0, 0.1) is 0 Å². The van der Waals surface area contributed by atoms with Crippen LogP contribution < -0.4 is 0 Å². The number of aromatic nitrogens is 1. The number of benzene rings is 1.